The summed E-state index contributed by atoms with van der Waals surface area (Å²) >= 11 is 0. The quantitative estimate of drug-likeness (QED) is 0.870. The summed E-state index contributed by atoms with van der Waals surface area (Å²) in [6, 6.07) is 14.2. The van der Waals surface area contributed by atoms with Gasteiger partial charge in [0.25, 0.3) is 5.91 Å². The molecule has 0 bridgehead atoms. The second kappa shape index (κ2) is 7.88. The number of carbonyl (C=O) groups is 1. The summed E-state index contributed by atoms with van der Waals surface area (Å²) in [7, 11) is -3.73. The Hall–Kier alpha value is -2.73. The molecular weight excluding hydrogens is 366 g/mol. The molecule has 7 nitrogen and oxygen atoms in total. The number of nitrogens with one attached hydrogen (secondary N) is 1. The highest BCUT2D eigenvalue weighted by molar-refractivity contribution is 7.89. The van der Waals surface area contributed by atoms with Crippen molar-refractivity contribution in [2.45, 2.75) is 17.9 Å². The highest BCUT2D eigenvalue weighted by atomic mass is 32.2. The molecule has 1 saturated heterocycles. The van der Waals surface area contributed by atoms with Crippen LogP contribution in [0.2, 0.25) is 0 Å². The van der Waals surface area contributed by atoms with E-state index in [1.807, 2.05) is 6.07 Å². The summed E-state index contributed by atoms with van der Waals surface area (Å²) in [5.74, 6) is -0.482. The lowest BCUT2D eigenvalue weighted by molar-refractivity contribution is 0.0393. The first-order valence-electron chi connectivity index (χ1n) is 8.43. The van der Waals surface area contributed by atoms with Crippen LogP contribution in [0.15, 0.2) is 53.4 Å². The molecule has 2 aromatic carbocycles. The topological polar surface area (TPSA) is 99.5 Å². The van der Waals surface area contributed by atoms with Crippen molar-refractivity contribution in [1.29, 1.82) is 5.26 Å². The van der Waals surface area contributed by atoms with E-state index in [2.05, 4.69) is 5.32 Å². The molecule has 2 aromatic rings. The van der Waals surface area contributed by atoms with Gasteiger partial charge in [-0.15, -0.1) is 0 Å². The summed E-state index contributed by atoms with van der Waals surface area (Å²) in [6.45, 7) is 2.74. The van der Waals surface area contributed by atoms with E-state index in [4.69, 9.17) is 10.00 Å². The van der Waals surface area contributed by atoms with Crippen LogP contribution in [0, 0.1) is 11.3 Å². The molecule has 1 aliphatic heterocycles. The molecule has 0 radical (unpaired) electrons. The fourth-order valence-electron chi connectivity index (χ4n) is 2.89. The maximum atomic E-state index is 12.9. The minimum Gasteiger partial charge on any atom is -0.378 e. The number of benzene rings is 2. The average Bonchev–Trinajstić information content (AvgIpc) is 2.68. The van der Waals surface area contributed by atoms with Gasteiger partial charge in [-0.3, -0.25) is 4.79 Å². The predicted molar refractivity (Wildman–Crippen MR) is 99.7 cm³/mol. The number of para-hydroxylation sites is 1. The average molecular weight is 385 g/mol. The Labute approximate surface area is 158 Å². The molecule has 1 unspecified atom stereocenters. The van der Waals surface area contributed by atoms with Gasteiger partial charge in [0.15, 0.2) is 0 Å². The summed E-state index contributed by atoms with van der Waals surface area (Å²) in [5.41, 5.74) is 0.904. The molecule has 1 heterocycles. The maximum absolute atomic E-state index is 12.9. The first kappa shape index (κ1) is 19.0. The van der Waals surface area contributed by atoms with Gasteiger partial charge in [0.2, 0.25) is 10.0 Å². The van der Waals surface area contributed by atoms with E-state index in [-0.39, 0.29) is 23.0 Å². The van der Waals surface area contributed by atoms with E-state index in [1.54, 1.807) is 31.2 Å². The minimum atomic E-state index is -3.73. The molecule has 1 amide bonds. The van der Waals surface area contributed by atoms with Crippen molar-refractivity contribution < 1.29 is 17.9 Å². The summed E-state index contributed by atoms with van der Waals surface area (Å²) in [4.78, 5) is 12.6. The number of hydrogen-bond donors (Lipinski definition) is 1. The molecular formula is C19H19N3O4S. The Bertz CT molecular complexity index is 998. The smallest absolute Gasteiger partial charge is 0.255 e. The molecule has 8 heteroatoms. The lowest BCUT2D eigenvalue weighted by atomic mass is 10.1. The summed E-state index contributed by atoms with van der Waals surface area (Å²) in [5, 5.41) is 11.8. The van der Waals surface area contributed by atoms with Gasteiger partial charge in [0, 0.05) is 18.2 Å². The molecule has 27 heavy (non-hydrogen) atoms. The van der Waals surface area contributed by atoms with Crippen LogP contribution >= 0.6 is 0 Å². The van der Waals surface area contributed by atoms with Crippen molar-refractivity contribution >= 4 is 21.6 Å². The highest BCUT2D eigenvalue weighted by Gasteiger charge is 2.31. The number of anilines is 1. The molecule has 0 aliphatic carbocycles. The summed E-state index contributed by atoms with van der Waals surface area (Å²) < 4.78 is 32.5. The molecule has 1 fully saturated rings. The molecule has 1 aliphatic rings. The van der Waals surface area contributed by atoms with E-state index in [0.29, 0.717) is 24.5 Å². The van der Waals surface area contributed by atoms with Gasteiger partial charge in [-0.1, -0.05) is 18.2 Å². The van der Waals surface area contributed by atoms with Crippen molar-refractivity contribution in [3.8, 4) is 6.07 Å². The number of morpholine rings is 1. The largest absolute Gasteiger partial charge is 0.378 e. The highest BCUT2D eigenvalue weighted by Crippen LogP contribution is 2.22. The van der Waals surface area contributed by atoms with Gasteiger partial charge in [-0.2, -0.15) is 9.57 Å². The van der Waals surface area contributed by atoms with E-state index in [1.165, 1.54) is 28.6 Å². The van der Waals surface area contributed by atoms with Gasteiger partial charge in [0.1, 0.15) is 6.07 Å². The number of rotatable bonds is 4. The van der Waals surface area contributed by atoms with Gasteiger partial charge in [0.05, 0.1) is 29.4 Å². The minimum absolute atomic E-state index is 0.0532. The fourth-order valence-corrected chi connectivity index (χ4v) is 4.53. The number of carbonyl (C=O) groups excluding carboxylic acids is 1. The number of nitriles is 1. The van der Waals surface area contributed by atoms with Crippen molar-refractivity contribution in [1.82, 2.24) is 4.31 Å². The molecule has 0 aromatic heterocycles. The first-order valence-corrected chi connectivity index (χ1v) is 9.87. The third-order valence-electron chi connectivity index (χ3n) is 4.31. The number of ether oxygens (including phenoxy) is 1. The van der Waals surface area contributed by atoms with E-state index >= 15 is 0 Å². The normalized spacial score (nSPS) is 17.9. The van der Waals surface area contributed by atoms with E-state index in [0.717, 1.165) is 0 Å². The Morgan fingerprint density at radius 2 is 2.04 bits per heavy atom. The second-order valence-electron chi connectivity index (χ2n) is 6.18. The lowest BCUT2D eigenvalue weighted by Gasteiger charge is -2.32. The standard InChI is InChI=1S/C19H19N3O4S/c1-14-13-26-10-9-22(14)27(24,25)17-7-4-6-15(11-17)19(23)21-18-8-3-2-5-16(18)12-20/h2-8,11,14H,9-10,13H2,1H3,(H,21,23). The predicted octanol–water partition coefficient (Wildman–Crippen LogP) is 2.22. The van der Waals surface area contributed by atoms with Crippen LogP contribution in [0.1, 0.15) is 22.8 Å². The monoisotopic (exact) mass is 385 g/mol. The van der Waals surface area contributed by atoms with Crippen LogP contribution in [-0.2, 0) is 14.8 Å². The van der Waals surface area contributed by atoms with Gasteiger partial charge in [-0.05, 0) is 37.3 Å². The molecule has 140 valence electrons. The number of hydrogen-bond acceptors (Lipinski definition) is 5. The number of amides is 1. The zero-order chi connectivity index (χ0) is 19.4. The molecule has 0 saturated carbocycles. The van der Waals surface area contributed by atoms with E-state index < -0.39 is 15.9 Å². The Balaban J connectivity index is 1.87. The third-order valence-corrected chi connectivity index (χ3v) is 6.31. The lowest BCUT2D eigenvalue weighted by Crippen LogP contribution is -2.46. The van der Waals surface area contributed by atoms with Crippen LogP contribution in [0.25, 0.3) is 0 Å². The van der Waals surface area contributed by atoms with Crippen molar-refractivity contribution in [2.75, 3.05) is 25.1 Å². The maximum Gasteiger partial charge on any atom is 0.255 e. The summed E-state index contributed by atoms with van der Waals surface area (Å²) in [6.07, 6.45) is 0. The molecule has 1 N–H and O–H groups in total. The Kier molecular flexibility index (Phi) is 5.56. The van der Waals surface area contributed by atoms with Gasteiger partial charge < -0.3 is 10.1 Å². The molecule has 0 spiro atoms. The first-order chi connectivity index (χ1) is 12.9. The second-order valence-corrected chi connectivity index (χ2v) is 8.07. The fraction of sp³-hybridized carbons (Fsp3) is 0.263. The van der Waals surface area contributed by atoms with E-state index in [9.17, 15) is 13.2 Å². The zero-order valence-electron chi connectivity index (χ0n) is 14.8. The third kappa shape index (κ3) is 4.01. The SMILES string of the molecule is CC1COCCN1S(=O)(=O)c1cccc(C(=O)Nc2ccccc2C#N)c1. The van der Waals surface area contributed by atoms with Crippen LogP contribution < -0.4 is 5.32 Å². The number of nitrogens with zero attached hydrogens (tertiary/aromatic N) is 2. The van der Waals surface area contributed by atoms with Gasteiger partial charge >= 0.3 is 0 Å². The molecule has 3 rings (SSSR count). The van der Waals surface area contributed by atoms with Crippen LogP contribution in [0.4, 0.5) is 5.69 Å². The van der Waals surface area contributed by atoms with Crippen molar-refractivity contribution in [2.24, 2.45) is 0 Å². The van der Waals surface area contributed by atoms with Crippen LogP contribution in [0.3, 0.4) is 0 Å². The Morgan fingerprint density at radius 1 is 1.26 bits per heavy atom. The Morgan fingerprint density at radius 3 is 2.78 bits per heavy atom. The van der Waals surface area contributed by atoms with Gasteiger partial charge in [-0.25, -0.2) is 8.42 Å². The van der Waals surface area contributed by atoms with Crippen LogP contribution in [0.5, 0.6) is 0 Å². The zero-order valence-corrected chi connectivity index (χ0v) is 15.6. The van der Waals surface area contributed by atoms with Crippen molar-refractivity contribution in [3.63, 3.8) is 0 Å². The molecule has 1 atom stereocenters. The van der Waals surface area contributed by atoms with Crippen molar-refractivity contribution in [3.05, 3.63) is 59.7 Å². The number of sulfonamides is 1. The van der Waals surface area contributed by atoms with Crippen LogP contribution in [-0.4, -0.2) is 44.4 Å².